The number of hydrogen-bond donors (Lipinski definition) is 0. The maximum absolute atomic E-state index is 5.01. The second-order valence-electron chi connectivity index (χ2n) is 15.3. The van der Waals surface area contributed by atoms with E-state index < -0.39 is 0 Å². The molecule has 0 aliphatic heterocycles. The summed E-state index contributed by atoms with van der Waals surface area (Å²) >= 11 is 0. The molecule has 3 heteroatoms. The summed E-state index contributed by atoms with van der Waals surface area (Å²) in [6, 6.07) is 40.3. The minimum atomic E-state index is 0.110. The van der Waals surface area contributed by atoms with Crippen molar-refractivity contribution in [3.8, 4) is 50.5 Å². The van der Waals surface area contributed by atoms with Crippen LogP contribution in [-0.4, -0.2) is 14.8 Å². The molecule has 6 rings (SSSR count). The smallest absolute Gasteiger partial charge is 0.163 e. The fourth-order valence-electron chi connectivity index (χ4n) is 6.41. The van der Waals surface area contributed by atoms with Gasteiger partial charge in [0.05, 0.1) is 5.69 Å². The fourth-order valence-corrected chi connectivity index (χ4v) is 6.41. The summed E-state index contributed by atoms with van der Waals surface area (Å²) in [6.45, 7) is 20.2. The quantitative estimate of drug-likeness (QED) is 0.175. The molecule has 1 heterocycles. The molecule has 1 aromatic heterocycles. The summed E-state index contributed by atoms with van der Waals surface area (Å²) in [7, 11) is 0. The number of benzene rings is 5. The maximum atomic E-state index is 5.01. The monoisotopic (exact) mass is 631 g/mol. The summed E-state index contributed by atoms with van der Waals surface area (Å²) in [5.74, 6) is 1.76. The van der Waals surface area contributed by atoms with E-state index in [0.717, 1.165) is 41.3 Å². The number of rotatable bonds is 7. The number of aryl methyl sites for hydroxylation is 3. The summed E-state index contributed by atoms with van der Waals surface area (Å²) in [5, 5.41) is 5.01. The molecular weight excluding hydrogens is 583 g/mol. The van der Waals surface area contributed by atoms with Gasteiger partial charge < -0.3 is 0 Å². The van der Waals surface area contributed by atoms with Crippen molar-refractivity contribution in [3.05, 3.63) is 137 Å². The van der Waals surface area contributed by atoms with Crippen LogP contribution in [0.4, 0.5) is 0 Å². The van der Waals surface area contributed by atoms with E-state index in [9.17, 15) is 0 Å². The second-order valence-corrected chi connectivity index (χ2v) is 15.3. The first kappa shape index (κ1) is 33.2. The van der Waals surface area contributed by atoms with Crippen LogP contribution in [0.2, 0.25) is 0 Å². The predicted molar refractivity (Wildman–Crippen MR) is 204 cm³/mol. The molecule has 3 nitrogen and oxygen atoms in total. The van der Waals surface area contributed by atoms with Crippen molar-refractivity contribution in [2.45, 2.75) is 86.0 Å². The lowest BCUT2D eigenvalue weighted by Crippen LogP contribution is -2.10. The molecule has 5 aromatic carbocycles. The summed E-state index contributed by atoms with van der Waals surface area (Å²) < 4.78 is 2.04. The minimum absolute atomic E-state index is 0.110. The van der Waals surface area contributed by atoms with Gasteiger partial charge in [-0.15, -0.1) is 0 Å². The van der Waals surface area contributed by atoms with Crippen LogP contribution in [0, 0.1) is 13.8 Å². The molecule has 6 aromatic rings. The van der Waals surface area contributed by atoms with Gasteiger partial charge in [-0.1, -0.05) is 127 Å². The third-order valence-electron chi connectivity index (χ3n) is 9.34. The molecule has 0 saturated heterocycles. The highest BCUT2D eigenvalue weighted by atomic mass is 15.4. The molecule has 0 bridgehead atoms. The van der Waals surface area contributed by atoms with Gasteiger partial charge in [0, 0.05) is 12.0 Å². The molecular formula is C45H49N3. The molecule has 0 fully saturated rings. The molecule has 0 aliphatic rings. The van der Waals surface area contributed by atoms with E-state index >= 15 is 0 Å². The number of aromatic nitrogens is 3. The van der Waals surface area contributed by atoms with E-state index in [1.54, 1.807) is 0 Å². The molecule has 0 spiro atoms. The largest absolute Gasteiger partial charge is 0.213 e. The van der Waals surface area contributed by atoms with Gasteiger partial charge >= 0.3 is 0 Å². The Balaban J connectivity index is 1.49. The van der Waals surface area contributed by atoms with Crippen molar-refractivity contribution in [2.24, 2.45) is 0 Å². The van der Waals surface area contributed by atoms with Crippen LogP contribution >= 0.6 is 0 Å². The van der Waals surface area contributed by atoms with E-state index in [1.165, 1.54) is 50.1 Å². The standard InChI is InChI=1S/C45H49N3/c1-10-14-42-46-43(34-15-12-11-13-16-34)48(47-42)41-26-30(2)40(25-31(41)3)37-28-35(32-17-21-38(22-18-32)44(4,5)6)27-36(29-37)33-19-23-39(24-20-33)45(7,8)9/h11-13,15-29H,10,14H2,1-9H3. The first-order valence-corrected chi connectivity index (χ1v) is 17.3. The Morgan fingerprint density at radius 1 is 0.542 bits per heavy atom. The summed E-state index contributed by atoms with van der Waals surface area (Å²) in [6.07, 6.45) is 1.86. The normalized spacial score (nSPS) is 12.0. The molecule has 0 N–H and O–H groups in total. The van der Waals surface area contributed by atoms with Crippen LogP contribution in [0.3, 0.4) is 0 Å². The molecule has 0 radical (unpaired) electrons. The van der Waals surface area contributed by atoms with E-state index in [-0.39, 0.29) is 10.8 Å². The van der Waals surface area contributed by atoms with Crippen LogP contribution in [0.5, 0.6) is 0 Å². The highest BCUT2D eigenvalue weighted by Gasteiger charge is 2.19. The Morgan fingerprint density at radius 2 is 1.06 bits per heavy atom. The minimum Gasteiger partial charge on any atom is -0.213 e. The van der Waals surface area contributed by atoms with Crippen LogP contribution in [-0.2, 0) is 17.3 Å². The van der Waals surface area contributed by atoms with Gasteiger partial charge in [-0.05, 0) is 117 Å². The van der Waals surface area contributed by atoms with E-state index in [0.29, 0.717) is 0 Å². The van der Waals surface area contributed by atoms with Gasteiger partial charge in [0.1, 0.15) is 0 Å². The van der Waals surface area contributed by atoms with Crippen LogP contribution in [0.15, 0.2) is 109 Å². The Bertz CT molecular complexity index is 1960. The Morgan fingerprint density at radius 3 is 1.56 bits per heavy atom. The number of nitrogens with zero attached hydrogens (tertiary/aromatic N) is 3. The average Bonchev–Trinajstić information content (AvgIpc) is 3.49. The SMILES string of the molecule is CCCc1nc(-c2ccccc2)n(-c2cc(C)c(-c3cc(-c4ccc(C(C)(C)C)cc4)cc(-c4ccc(C(C)(C)C)cc4)c3)cc2C)n1. The Kier molecular flexibility index (Phi) is 9.00. The van der Waals surface area contributed by atoms with Crippen molar-refractivity contribution in [1.82, 2.24) is 14.8 Å². The van der Waals surface area contributed by atoms with Crippen LogP contribution in [0.25, 0.3) is 50.5 Å². The van der Waals surface area contributed by atoms with Gasteiger partial charge in [-0.25, -0.2) is 9.67 Å². The zero-order valence-electron chi connectivity index (χ0n) is 30.1. The zero-order chi connectivity index (χ0) is 34.2. The van der Waals surface area contributed by atoms with Crippen molar-refractivity contribution < 1.29 is 0 Å². The molecule has 244 valence electrons. The molecule has 0 aliphatic carbocycles. The lowest BCUT2D eigenvalue weighted by Gasteiger charge is -2.20. The molecule has 48 heavy (non-hydrogen) atoms. The predicted octanol–water partition coefficient (Wildman–Crippen LogP) is 12.1. The van der Waals surface area contributed by atoms with Crippen molar-refractivity contribution in [3.63, 3.8) is 0 Å². The lowest BCUT2D eigenvalue weighted by atomic mass is 9.85. The highest BCUT2D eigenvalue weighted by Crippen LogP contribution is 2.37. The highest BCUT2D eigenvalue weighted by molar-refractivity contribution is 5.83. The number of hydrogen-bond acceptors (Lipinski definition) is 2. The van der Waals surface area contributed by atoms with Crippen molar-refractivity contribution in [2.75, 3.05) is 0 Å². The van der Waals surface area contributed by atoms with E-state index in [4.69, 9.17) is 10.1 Å². The Hall–Kier alpha value is -4.76. The zero-order valence-corrected chi connectivity index (χ0v) is 30.1. The molecule has 0 saturated carbocycles. The first-order chi connectivity index (χ1) is 22.8. The average molecular weight is 632 g/mol. The van der Waals surface area contributed by atoms with Crippen molar-refractivity contribution in [1.29, 1.82) is 0 Å². The van der Waals surface area contributed by atoms with Crippen LogP contribution < -0.4 is 0 Å². The molecule has 0 amide bonds. The van der Waals surface area contributed by atoms with E-state index in [2.05, 4.69) is 165 Å². The maximum Gasteiger partial charge on any atom is 0.163 e. The second kappa shape index (κ2) is 13.0. The van der Waals surface area contributed by atoms with Crippen LogP contribution in [0.1, 0.15) is 83.0 Å². The van der Waals surface area contributed by atoms with Gasteiger partial charge in [-0.2, -0.15) is 5.10 Å². The fraction of sp³-hybridized carbons (Fsp3) is 0.289. The summed E-state index contributed by atoms with van der Waals surface area (Å²) in [4.78, 5) is 4.98. The third-order valence-corrected chi connectivity index (χ3v) is 9.34. The van der Waals surface area contributed by atoms with Gasteiger partial charge in [0.15, 0.2) is 11.6 Å². The van der Waals surface area contributed by atoms with Gasteiger partial charge in [0.25, 0.3) is 0 Å². The van der Waals surface area contributed by atoms with Gasteiger partial charge in [-0.3, -0.25) is 0 Å². The first-order valence-electron chi connectivity index (χ1n) is 17.3. The van der Waals surface area contributed by atoms with Gasteiger partial charge in [0.2, 0.25) is 0 Å². The third kappa shape index (κ3) is 6.92. The lowest BCUT2D eigenvalue weighted by molar-refractivity contribution is 0.590. The van der Waals surface area contributed by atoms with Crippen molar-refractivity contribution >= 4 is 0 Å². The molecule has 0 atom stereocenters. The van der Waals surface area contributed by atoms with E-state index in [1.807, 2.05) is 10.7 Å². The summed E-state index contributed by atoms with van der Waals surface area (Å²) in [5.41, 5.74) is 14.7. The molecule has 0 unspecified atom stereocenters. The Labute approximate surface area is 287 Å². The topological polar surface area (TPSA) is 30.7 Å².